The fourth-order valence-electron chi connectivity index (χ4n) is 1.22. The average molecular weight is 208 g/mol. The SMILES string of the molecule is CC(=O)C(N)(Cc1ccccc1)[N+](=O)[O-]. The van der Waals surface area contributed by atoms with Gasteiger partial charge in [-0.3, -0.25) is 20.6 Å². The van der Waals surface area contributed by atoms with Crippen LogP contribution >= 0.6 is 0 Å². The number of carbonyl (C=O) groups is 1. The Morgan fingerprint density at radius 2 is 2.00 bits per heavy atom. The van der Waals surface area contributed by atoms with Gasteiger partial charge in [0.2, 0.25) is 5.78 Å². The molecule has 5 nitrogen and oxygen atoms in total. The minimum absolute atomic E-state index is 0.0871. The van der Waals surface area contributed by atoms with Crippen LogP contribution in [0.25, 0.3) is 0 Å². The summed E-state index contributed by atoms with van der Waals surface area (Å²) in [5, 5.41) is 10.7. The van der Waals surface area contributed by atoms with E-state index in [0.717, 1.165) is 6.92 Å². The van der Waals surface area contributed by atoms with Crippen LogP contribution in [0, 0.1) is 10.1 Å². The molecule has 1 unspecified atom stereocenters. The van der Waals surface area contributed by atoms with Crippen molar-refractivity contribution in [3.8, 4) is 0 Å². The molecule has 0 amide bonds. The first-order valence-electron chi connectivity index (χ1n) is 4.45. The van der Waals surface area contributed by atoms with Crippen LogP contribution in [-0.4, -0.2) is 16.4 Å². The topological polar surface area (TPSA) is 86.2 Å². The molecule has 0 saturated carbocycles. The highest BCUT2D eigenvalue weighted by Gasteiger charge is 2.43. The summed E-state index contributed by atoms with van der Waals surface area (Å²) in [4.78, 5) is 21.1. The van der Waals surface area contributed by atoms with Gasteiger partial charge in [0, 0.05) is 6.92 Å². The van der Waals surface area contributed by atoms with Crippen molar-refractivity contribution in [3.63, 3.8) is 0 Å². The lowest BCUT2D eigenvalue weighted by molar-refractivity contribution is -0.550. The summed E-state index contributed by atoms with van der Waals surface area (Å²) in [7, 11) is 0. The number of Topliss-reactive ketones (excluding diaryl/α,β-unsaturated/α-hetero) is 1. The molecule has 0 aliphatic carbocycles. The summed E-state index contributed by atoms with van der Waals surface area (Å²) in [6.07, 6.45) is -0.0871. The molecule has 1 atom stereocenters. The molecule has 0 aliphatic rings. The number of hydrogen-bond acceptors (Lipinski definition) is 4. The van der Waals surface area contributed by atoms with E-state index in [4.69, 9.17) is 5.73 Å². The van der Waals surface area contributed by atoms with Gasteiger partial charge in [-0.25, -0.2) is 0 Å². The molecule has 80 valence electrons. The van der Waals surface area contributed by atoms with Gasteiger partial charge in [-0.15, -0.1) is 0 Å². The fraction of sp³-hybridized carbons (Fsp3) is 0.300. The third-order valence-corrected chi connectivity index (χ3v) is 2.25. The van der Waals surface area contributed by atoms with Crippen LogP contribution in [0.15, 0.2) is 30.3 Å². The summed E-state index contributed by atoms with van der Waals surface area (Å²) in [5.41, 5.74) is 4.13. The molecular formula is C10H12N2O3. The van der Waals surface area contributed by atoms with E-state index in [1.807, 2.05) is 0 Å². The van der Waals surface area contributed by atoms with Gasteiger partial charge in [0.05, 0.1) is 11.3 Å². The molecule has 1 rings (SSSR count). The minimum Gasteiger partial charge on any atom is -0.290 e. The van der Waals surface area contributed by atoms with Gasteiger partial charge >= 0.3 is 5.66 Å². The average Bonchev–Trinajstić information content (AvgIpc) is 2.18. The molecule has 2 N–H and O–H groups in total. The maximum atomic E-state index is 11.1. The molecule has 0 bridgehead atoms. The lowest BCUT2D eigenvalue weighted by Crippen LogP contribution is -2.55. The molecular weight excluding hydrogens is 196 g/mol. The Morgan fingerprint density at radius 1 is 1.47 bits per heavy atom. The Morgan fingerprint density at radius 3 is 2.40 bits per heavy atom. The second kappa shape index (κ2) is 4.18. The van der Waals surface area contributed by atoms with Gasteiger partial charge in [-0.2, -0.15) is 0 Å². The van der Waals surface area contributed by atoms with Crippen molar-refractivity contribution >= 4 is 5.78 Å². The molecule has 0 fully saturated rings. The smallest absolute Gasteiger partial charge is 0.290 e. The second-order valence-electron chi connectivity index (χ2n) is 3.40. The number of nitrogens with two attached hydrogens (primary N) is 1. The quantitative estimate of drug-likeness (QED) is 0.449. The third-order valence-electron chi connectivity index (χ3n) is 2.25. The maximum Gasteiger partial charge on any atom is 0.334 e. The summed E-state index contributed by atoms with van der Waals surface area (Å²) in [6, 6.07) is 8.69. The van der Waals surface area contributed by atoms with Crippen molar-refractivity contribution in [3.05, 3.63) is 46.0 Å². The highest BCUT2D eigenvalue weighted by Crippen LogP contribution is 2.12. The normalized spacial score (nSPS) is 14.3. The number of nitrogens with zero attached hydrogens (tertiary/aromatic N) is 1. The predicted octanol–water partition coefficient (Wildman–Crippen LogP) is 0.750. The number of benzene rings is 1. The molecule has 15 heavy (non-hydrogen) atoms. The first-order valence-corrected chi connectivity index (χ1v) is 4.45. The molecule has 0 aromatic heterocycles. The zero-order valence-electron chi connectivity index (χ0n) is 8.34. The van der Waals surface area contributed by atoms with E-state index in [-0.39, 0.29) is 6.42 Å². The lowest BCUT2D eigenvalue weighted by atomic mass is 9.98. The molecule has 0 saturated heterocycles. The van der Waals surface area contributed by atoms with Crippen LogP contribution in [0.1, 0.15) is 12.5 Å². The van der Waals surface area contributed by atoms with Crippen LogP contribution < -0.4 is 5.73 Å². The van der Waals surface area contributed by atoms with Gasteiger partial charge in [0.25, 0.3) is 0 Å². The number of rotatable bonds is 4. The van der Waals surface area contributed by atoms with E-state index in [1.54, 1.807) is 30.3 Å². The second-order valence-corrected chi connectivity index (χ2v) is 3.40. The van der Waals surface area contributed by atoms with Crippen LogP contribution in [-0.2, 0) is 11.2 Å². The number of hydrogen-bond donors (Lipinski definition) is 1. The molecule has 0 aliphatic heterocycles. The Labute approximate surface area is 87.0 Å². The molecule has 5 heteroatoms. The van der Waals surface area contributed by atoms with E-state index in [1.165, 1.54) is 0 Å². The lowest BCUT2D eigenvalue weighted by Gasteiger charge is -2.17. The Hall–Kier alpha value is -1.75. The van der Waals surface area contributed by atoms with Crippen molar-refractivity contribution in [2.24, 2.45) is 5.73 Å². The Bertz CT molecular complexity index is 362. The highest BCUT2D eigenvalue weighted by atomic mass is 16.6. The first-order chi connectivity index (χ1) is 6.97. The van der Waals surface area contributed by atoms with E-state index in [9.17, 15) is 14.9 Å². The van der Waals surface area contributed by atoms with E-state index >= 15 is 0 Å². The summed E-state index contributed by atoms with van der Waals surface area (Å²) in [5.74, 6) is -0.642. The van der Waals surface area contributed by atoms with Crippen LogP contribution in [0.5, 0.6) is 0 Å². The number of ketones is 1. The minimum atomic E-state index is -2.01. The van der Waals surface area contributed by atoms with Crippen molar-refractivity contribution in [1.29, 1.82) is 0 Å². The predicted molar refractivity (Wildman–Crippen MR) is 54.7 cm³/mol. The van der Waals surface area contributed by atoms with Crippen molar-refractivity contribution in [1.82, 2.24) is 0 Å². The third kappa shape index (κ3) is 2.38. The summed E-state index contributed by atoms with van der Waals surface area (Å²) >= 11 is 0. The molecule has 0 heterocycles. The summed E-state index contributed by atoms with van der Waals surface area (Å²) < 4.78 is 0. The van der Waals surface area contributed by atoms with Crippen molar-refractivity contribution in [2.75, 3.05) is 0 Å². The van der Waals surface area contributed by atoms with Crippen LogP contribution in [0.2, 0.25) is 0 Å². The molecule has 1 aromatic carbocycles. The maximum absolute atomic E-state index is 11.1. The van der Waals surface area contributed by atoms with Crippen LogP contribution in [0.3, 0.4) is 0 Å². The summed E-state index contributed by atoms with van der Waals surface area (Å²) in [6.45, 7) is 1.13. The molecule has 1 aromatic rings. The van der Waals surface area contributed by atoms with Gasteiger partial charge in [-0.1, -0.05) is 30.3 Å². The van der Waals surface area contributed by atoms with E-state index in [0.29, 0.717) is 5.56 Å². The van der Waals surface area contributed by atoms with Crippen molar-refractivity contribution < 1.29 is 9.72 Å². The zero-order chi connectivity index (χ0) is 11.5. The fourth-order valence-corrected chi connectivity index (χ4v) is 1.22. The van der Waals surface area contributed by atoms with Gasteiger partial charge < -0.3 is 0 Å². The van der Waals surface area contributed by atoms with Gasteiger partial charge in [0.1, 0.15) is 0 Å². The van der Waals surface area contributed by atoms with E-state index in [2.05, 4.69) is 0 Å². The molecule has 0 radical (unpaired) electrons. The number of nitro groups is 1. The largest absolute Gasteiger partial charge is 0.334 e. The Kier molecular flexibility index (Phi) is 3.16. The number of carbonyl (C=O) groups excluding carboxylic acids is 1. The van der Waals surface area contributed by atoms with E-state index < -0.39 is 16.4 Å². The standard InChI is InChI=1S/C10H12N2O3/c1-8(13)10(11,12(14)15)7-9-5-3-2-4-6-9/h2-6H,7,11H2,1H3. The highest BCUT2D eigenvalue weighted by molar-refractivity contribution is 5.84. The van der Waals surface area contributed by atoms with Gasteiger partial charge in [-0.05, 0) is 5.56 Å². The van der Waals surface area contributed by atoms with Gasteiger partial charge in [0.15, 0.2) is 0 Å². The van der Waals surface area contributed by atoms with Crippen LogP contribution in [0.4, 0.5) is 0 Å². The first kappa shape index (κ1) is 11.3. The van der Waals surface area contributed by atoms with Crippen molar-refractivity contribution in [2.45, 2.75) is 19.0 Å². The molecule has 0 spiro atoms. The monoisotopic (exact) mass is 208 g/mol. The Balaban J connectivity index is 2.95. The zero-order valence-corrected chi connectivity index (χ0v) is 8.34.